The number of nitrogens with one attached hydrogen (secondary N) is 2. The van der Waals surface area contributed by atoms with E-state index in [0.717, 1.165) is 38.5 Å². The maximum Gasteiger partial charge on any atom is 0.305 e. The van der Waals surface area contributed by atoms with Crippen molar-refractivity contribution in [2.75, 3.05) is 12.4 Å². The van der Waals surface area contributed by atoms with Crippen molar-refractivity contribution in [2.24, 2.45) is 0 Å². The molecule has 2 N–H and O–H groups in total. The minimum atomic E-state index is -0.682. The van der Waals surface area contributed by atoms with E-state index in [1.807, 2.05) is 0 Å². The first-order valence-electron chi connectivity index (χ1n) is 11.5. The first kappa shape index (κ1) is 24.4. The van der Waals surface area contributed by atoms with Crippen LogP contribution < -0.4 is 10.6 Å². The average molecular weight is 458 g/mol. The molecule has 2 aliphatic heterocycles. The number of unbranched alkanes of at least 4 members (excludes halogenated alkanes) is 5. The Balaban J connectivity index is 1.45. The molecule has 0 aliphatic carbocycles. The van der Waals surface area contributed by atoms with Crippen LogP contribution in [0.3, 0.4) is 0 Å². The third kappa shape index (κ3) is 6.40. The summed E-state index contributed by atoms with van der Waals surface area (Å²) < 4.78 is 4.61. The Bertz CT molecular complexity index is 929. The number of rotatable bonds is 11. The molecule has 1 saturated heterocycles. The number of fused-ring (bicyclic) bond motifs is 1. The number of hydrogen-bond acceptors (Lipinski definition) is 6. The van der Waals surface area contributed by atoms with Crippen LogP contribution >= 0.6 is 0 Å². The summed E-state index contributed by atoms with van der Waals surface area (Å²) in [5.41, 5.74) is 1.76. The fraction of sp³-hybridized carbons (Fsp3) is 0.542. The molecular formula is C24H31N3O6. The van der Waals surface area contributed by atoms with Gasteiger partial charge in [0.1, 0.15) is 6.04 Å². The molecule has 0 radical (unpaired) electrons. The van der Waals surface area contributed by atoms with Gasteiger partial charge < -0.3 is 15.0 Å². The summed E-state index contributed by atoms with van der Waals surface area (Å²) in [5.74, 6) is -1.33. The van der Waals surface area contributed by atoms with Crippen molar-refractivity contribution in [1.82, 2.24) is 10.2 Å². The number of carbonyl (C=O) groups excluding carboxylic acids is 5. The summed E-state index contributed by atoms with van der Waals surface area (Å²) in [5, 5.41) is 5.20. The number of carbonyl (C=O) groups is 5. The Morgan fingerprint density at radius 2 is 1.76 bits per heavy atom. The van der Waals surface area contributed by atoms with Crippen LogP contribution in [0.15, 0.2) is 18.2 Å². The minimum Gasteiger partial charge on any atom is -0.469 e. The largest absolute Gasteiger partial charge is 0.469 e. The first-order valence-corrected chi connectivity index (χ1v) is 11.5. The predicted molar refractivity (Wildman–Crippen MR) is 120 cm³/mol. The van der Waals surface area contributed by atoms with Crippen molar-refractivity contribution in [3.05, 3.63) is 29.3 Å². The molecule has 9 nitrogen and oxygen atoms in total. The number of benzene rings is 1. The van der Waals surface area contributed by atoms with Gasteiger partial charge >= 0.3 is 5.97 Å². The second-order valence-corrected chi connectivity index (χ2v) is 8.48. The number of anilines is 1. The van der Waals surface area contributed by atoms with Crippen LogP contribution in [0.4, 0.5) is 5.69 Å². The number of esters is 1. The molecule has 0 spiro atoms. The fourth-order valence-electron chi connectivity index (χ4n) is 4.28. The lowest BCUT2D eigenvalue weighted by molar-refractivity contribution is -0.141. The summed E-state index contributed by atoms with van der Waals surface area (Å²) in [6.07, 6.45) is 6.84. The SMILES string of the molecule is COC(=O)CCCCCCCCC(=O)Nc1cccc2c1CN(C1CCC(=O)NC1=O)C2=O. The third-order valence-corrected chi connectivity index (χ3v) is 6.12. The molecule has 1 atom stereocenters. The molecule has 1 fully saturated rings. The number of imide groups is 1. The zero-order valence-electron chi connectivity index (χ0n) is 19.0. The Morgan fingerprint density at radius 1 is 1.06 bits per heavy atom. The van der Waals surface area contributed by atoms with E-state index < -0.39 is 11.9 Å². The van der Waals surface area contributed by atoms with E-state index in [4.69, 9.17) is 0 Å². The van der Waals surface area contributed by atoms with Gasteiger partial charge in [-0.25, -0.2) is 0 Å². The maximum atomic E-state index is 12.9. The molecule has 178 valence electrons. The van der Waals surface area contributed by atoms with E-state index in [1.54, 1.807) is 18.2 Å². The Kier molecular flexibility index (Phi) is 8.57. The summed E-state index contributed by atoms with van der Waals surface area (Å²) >= 11 is 0. The molecular weight excluding hydrogens is 426 g/mol. The normalized spacial score (nSPS) is 17.5. The highest BCUT2D eigenvalue weighted by Gasteiger charge is 2.39. The van der Waals surface area contributed by atoms with Gasteiger partial charge in [-0.05, 0) is 31.4 Å². The molecule has 4 amide bonds. The number of piperidine rings is 1. The molecule has 0 bridgehead atoms. The van der Waals surface area contributed by atoms with Crippen molar-refractivity contribution >= 4 is 35.3 Å². The van der Waals surface area contributed by atoms with Gasteiger partial charge in [-0.15, -0.1) is 0 Å². The van der Waals surface area contributed by atoms with E-state index in [-0.39, 0.29) is 36.7 Å². The van der Waals surface area contributed by atoms with Crippen LogP contribution in [0.2, 0.25) is 0 Å². The van der Waals surface area contributed by atoms with Crippen molar-refractivity contribution in [2.45, 2.75) is 76.8 Å². The van der Waals surface area contributed by atoms with Gasteiger partial charge in [0.2, 0.25) is 17.7 Å². The zero-order chi connectivity index (χ0) is 23.8. The quantitative estimate of drug-likeness (QED) is 0.299. The van der Waals surface area contributed by atoms with Crippen LogP contribution in [-0.4, -0.2) is 47.6 Å². The van der Waals surface area contributed by atoms with Gasteiger partial charge in [0, 0.05) is 42.6 Å². The van der Waals surface area contributed by atoms with Gasteiger partial charge in [-0.1, -0.05) is 31.7 Å². The number of ether oxygens (including phenoxy) is 1. The Hall–Kier alpha value is -3.23. The van der Waals surface area contributed by atoms with Crippen molar-refractivity contribution in [3.63, 3.8) is 0 Å². The fourth-order valence-corrected chi connectivity index (χ4v) is 4.28. The summed E-state index contributed by atoms with van der Waals surface area (Å²) in [6.45, 7) is 0.225. The zero-order valence-corrected chi connectivity index (χ0v) is 19.0. The van der Waals surface area contributed by atoms with Crippen LogP contribution in [0.5, 0.6) is 0 Å². The molecule has 1 aromatic rings. The molecule has 0 aromatic heterocycles. The third-order valence-electron chi connectivity index (χ3n) is 6.12. The van der Waals surface area contributed by atoms with Crippen molar-refractivity contribution in [3.8, 4) is 0 Å². The highest BCUT2D eigenvalue weighted by atomic mass is 16.5. The average Bonchev–Trinajstić information content (AvgIpc) is 3.12. The highest BCUT2D eigenvalue weighted by molar-refractivity contribution is 6.06. The highest BCUT2D eigenvalue weighted by Crippen LogP contribution is 2.32. The van der Waals surface area contributed by atoms with E-state index in [2.05, 4.69) is 15.4 Å². The van der Waals surface area contributed by atoms with Crippen molar-refractivity contribution in [1.29, 1.82) is 0 Å². The second kappa shape index (κ2) is 11.6. The smallest absolute Gasteiger partial charge is 0.305 e. The van der Waals surface area contributed by atoms with E-state index in [0.29, 0.717) is 36.1 Å². The van der Waals surface area contributed by atoms with Gasteiger partial charge in [0.05, 0.1) is 7.11 Å². The Labute approximate surface area is 193 Å². The van der Waals surface area contributed by atoms with E-state index in [1.165, 1.54) is 12.0 Å². The molecule has 0 saturated carbocycles. The van der Waals surface area contributed by atoms with Crippen LogP contribution in [0.25, 0.3) is 0 Å². The number of nitrogens with zero attached hydrogens (tertiary/aromatic N) is 1. The topological polar surface area (TPSA) is 122 Å². The lowest BCUT2D eigenvalue weighted by atomic mass is 10.0. The number of amides is 4. The molecule has 2 heterocycles. The summed E-state index contributed by atoms with van der Waals surface area (Å²) in [6, 6.07) is 4.49. The molecule has 2 aliphatic rings. The lowest BCUT2D eigenvalue weighted by Crippen LogP contribution is -2.52. The first-order chi connectivity index (χ1) is 15.9. The van der Waals surface area contributed by atoms with Crippen LogP contribution in [0, 0.1) is 0 Å². The molecule has 3 rings (SSSR count). The Morgan fingerprint density at radius 3 is 2.45 bits per heavy atom. The van der Waals surface area contributed by atoms with Gasteiger partial charge in [-0.3, -0.25) is 29.3 Å². The second-order valence-electron chi connectivity index (χ2n) is 8.48. The van der Waals surface area contributed by atoms with Gasteiger partial charge in [0.15, 0.2) is 0 Å². The molecule has 1 unspecified atom stereocenters. The van der Waals surface area contributed by atoms with Crippen molar-refractivity contribution < 1.29 is 28.7 Å². The van der Waals surface area contributed by atoms with Gasteiger partial charge in [0.25, 0.3) is 5.91 Å². The molecule has 9 heteroatoms. The predicted octanol–water partition coefficient (Wildman–Crippen LogP) is 2.68. The van der Waals surface area contributed by atoms with E-state index >= 15 is 0 Å². The lowest BCUT2D eigenvalue weighted by Gasteiger charge is -2.29. The monoisotopic (exact) mass is 457 g/mol. The van der Waals surface area contributed by atoms with E-state index in [9.17, 15) is 24.0 Å². The van der Waals surface area contributed by atoms with Crippen LogP contribution in [-0.2, 0) is 30.5 Å². The van der Waals surface area contributed by atoms with Gasteiger partial charge in [-0.2, -0.15) is 0 Å². The molecule has 33 heavy (non-hydrogen) atoms. The number of methoxy groups -OCH3 is 1. The number of hydrogen-bond donors (Lipinski definition) is 2. The standard InChI is InChI=1S/C24H31N3O6/c1-33-22(30)12-7-5-3-2-4-6-11-20(28)25-18-10-8-9-16-17(18)15-27(24(16)32)19-13-14-21(29)26-23(19)31/h8-10,19H,2-7,11-15H2,1H3,(H,25,28)(H,26,29,31). The maximum absolute atomic E-state index is 12.9. The molecule has 1 aromatic carbocycles. The van der Waals surface area contributed by atoms with Crippen LogP contribution in [0.1, 0.15) is 80.1 Å². The summed E-state index contributed by atoms with van der Waals surface area (Å²) in [7, 11) is 1.39. The minimum absolute atomic E-state index is 0.110. The summed E-state index contributed by atoms with van der Waals surface area (Å²) in [4.78, 5) is 61.5.